The number of esters is 2. The molecule has 0 aromatic carbocycles. The number of carbonyl (C=O) groups is 2. The van der Waals surface area contributed by atoms with E-state index in [1.807, 2.05) is 27.7 Å². The van der Waals surface area contributed by atoms with Crippen molar-refractivity contribution in [1.29, 1.82) is 0 Å². The van der Waals surface area contributed by atoms with Crippen molar-refractivity contribution in [3.05, 3.63) is 12.2 Å². The fraction of sp³-hybridized carbons (Fsp3) is 0.778. The number of hydrogen-bond donors (Lipinski definition) is 0. The van der Waals surface area contributed by atoms with Gasteiger partial charge < -0.3 is 9.47 Å². The molecule has 0 amide bonds. The molecule has 2 aliphatic carbocycles. The SMILES string of the molecule is CCCOC(=O)C1C2C=CC(C2)C1(C(=O)OCCC)C(C)C. The Morgan fingerprint density at radius 2 is 1.77 bits per heavy atom. The lowest BCUT2D eigenvalue weighted by atomic mass is 9.62. The van der Waals surface area contributed by atoms with Crippen LogP contribution in [-0.4, -0.2) is 25.2 Å². The van der Waals surface area contributed by atoms with E-state index in [-0.39, 0.29) is 29.7 Å². The zero-order valence-corrected chi connectivity index (χ0v) is 14.1. The van der Waals surface area contributed by atoms with Crippen molar-refractivity contribution in [2.24, 2.45) is 29.1 Å². The first kappa shape index (κ1) is 17.0. The Morgan fingerprint density at radius 3 is 2.36 bits per heavy atom. The van der Waals surface area contributed by atoms with E-state index in [0.717, 1.165) is 19.3 Å². The first-order valence-corrected chi connectivity index (χ1v) is 8.52. The Morgan fingerprint density at radius 1 is 1.14 bits per heavy atom. The first-order chi connectivity index (χ1) is 10.5. The van der Waals surface area contributed by atoms with Crippen molar-refractivity contribution in [3.8, 4) is 0 Å². The molecule has 0 saturated heterocycles. The highest BCUT2D eigenvalue weighted by atomic mass is 16.5. The maximum Gasteiger partial charge on any atom is 0.313 e. The van der Waals surface area contributed by atoms with Gasteiger partial charge >= 0.3 is 11.9 Å². The topological polar surface area (TPSA) is 52.6 Å². The van der Waals surface area contributed by atoms with Crippen molar-refractivity contribution in [2.45, 2.75) is 47.0 Å². The van der Waals surface area contributed by atoms with Gasteiger partial charge in [0.2, 0.25) is 0 Å². The molecule has 0 heterocycles. The zero-order chi connectivity index (χ0) is 16.3. The van der Waals surface area contributed by atoms with E-state index in [1.54, 1.807) is 0 Å². The largest absolute Gasteiger partial charge is 0.465 e. The van der Waals surface area contributed by atoms with Gasteiger partial charge in [-0.1, -0.05) is 39.8 Å². The second kappa shape index (κ2) is 6.84. The minimum Gasteiger partial charge on any atom is -0.465 e. The molecule has 22 heavy (non-hydrogen) atoms. The highest BCUT2D eigenvalue weighted by molar-refractivity contribution is 5.88. The maximum absolute atomic E-state index is 12.9. The minimum atomic E-state index is -0.764. The number of allylic oxidation sites excluding steroid dienone is 2. The third kappa shape index (κ3) is 2.57. The molecule has 4 atom stereocenters. The van der Waals surface area contributed by atoms with Crippen LogP contribution < -0.4 is 0 Å². The smallest absolute Gasteiger partial charge is 0.313 e. The normalized spacial score (nSPS) is 32.5. The fourth-order valence-electron chi connectivity index (χ4n) is 4.20. The van der Waals surface area contributed by atoms with Gasteiger partial charge in [0.15, 0.2) is 0 Å². The number of carbonyl (C=O) groups excluding carboxylic acids is 2. The lowest BCUT2D eigenvalue weighted by Crippen LogP contribution is -2.50. The molecule has 124 valence electrons. The Labute approximate surface area is 133 Å². The van der Waals surface area contributed by atoms with Crippen LogP contribution in [0.1, 0.15) is 47.0 Å². The molecule has 0 aromatic heterocycles. The molecule has 2 aliphatic rings. The molecule has 4 unspecified atom stereocenters. The predicted octanol–water partition coefficient (Wildman–Crippen LogP) is 3.36. The van der Waals surface area contributed by atoms with Gasteiger partial charge in [-0.25, -0.2) is 0 Å². The van der Waals surface area contributed by atoms with Gasteiger partial charge in [0.25, 0.3) is 0 Å². The summed E-state index contributed by atoms with van der Waals surface area (Å²) in [5, 5.41) is 0. The van der Waals surface area contributed by atoms with E-state index in [2.05, 4.69) is 12.2 Å². The molecular weight excluding hydrogens is 280 g/mol. The molecular formula is C18H28O4. The summed E-state index contributed by atoms with van der Waals surface area (Å²) in [6.07, 6.45) is 6.61. The summed E-state index contributed by atoms with van der Waals surface area (Å²) in [6.45, 7) is 8.80. The molecule has 0 N–H and O–H groups in total. The van der Waals surface area contributed by atoms with Gasteiger partial charge in [0.05, 0.1) is 24.5 Å². The van der Waals surface area contributed by atoms with Crippen LogP contribution >= 0.6 is 0 Å². The van der Waals surface area contributed by atoms with Gasteiger partial charge in [-0.05, 0) is 37.0 Å². The minimum absolute atomic E-state index is 0.0379. The number of rotatable bonds is 7. The highest BCUT2D eigenvalue weighted by Gasteiger charge is 2.65. The Hall–Kier alpha value is -1.32. The van der Waals surface area contributed by atoms with E-state index >= 15 is 0 Å². The summed E-state index contributed by atoms with van der Waals surface area (Å²) in [5.41, 5.74) is -0.764. The van der Waals surface area contributed by atoms with Gasteiger partial charge in [-0.2, -0.15) is 0 Å². The molecule has 2 bridgehead atoms. The lowest BCUT2D eigenvalue weighted by Gasteiger charge is -2.41. The van der Waals surface area contributed by atoms with Crippen molar-refractivity contribution in [2.75, 3.05) is 13.2 Å². The maximum atomic E-state index is 12.9. The first-order valence-electron chi connectivity index (χ1n) is 8.52. The van der Waals surface area contributed by atoms with Crippen LogP contribution in [0.4, 0.5) is 0 Å². The summed E-state index contributed by atoms with van der Waals surface area (Å²) in [5.74, 6) is -0.637. The van der Waals surface area contributed by atoms with Gasteiger partial charge in [0.1, 0.15) is 0 Å². The quantitative estimate of drug-likeness (QED) is 0.534. The average Bonchev–Trinajstić information content (AvgIpc) is 3.09. The van der Waals surface area contributed by atoms with Crippen molar-refractivity contribution in [1.82, 2.24) is 0 Å². The van der Waals surface area contributed by atoms with E-state index in [1.165, 1.54) is 0 Å². The van der Waals surface area contributed by atoms with Crippen LogP contribution in [0, 0.1) is 29.1 Å². The molecule has 2 rings (SSSR count). The van der Waals surface area contributed by atoms with E-state index in [4.69, 9.17) is 9.47 Å². The number of fused-ring (bicyclic) bond motifs is 2. The zero-order valence-electron chi connectivity index (χ0n) is 14.1. The van der Waals surface area contributed by atoms with Gasteiger partial charge in [-0.15, -0.1) is 0 Å². The van der Waals surface area contributed by atoms with Crippen LogP contribution in [0.25, 0.3) is 0 Å². The van der Waals surface area contributed by atoms with Crippen LogP contribution in [0.2, 0.25) is 0 Å². The average molecular weight is 308 g/mol. The van der Waals surface area contributed by atoms with Crippen LogP contribution in [-0.2, 0) is 19.1 Å². The highest BCUT2D eigenvalue weighted by Crippen LogP contribution is 2.60. The molecule has 1 fully saturated rings. The molecule has 1 saturated carbocycles. The Balaban J connectivity index is 2.33. The Bertz CT molecular complexity index is 454. The Kier molecular flexibility index (Phi) is 5.30. The summed E-state index contributed by atoms with van der Waals surface area (Å²) in [7, 11) is 0. The molecule has 0 spiro atoms. The predicted molar refractivity (Wildman–Crippen MR) is 84.0 cm³/mol. The van der Waals surface area contributed by atoms with Crippen LogP contribution in [0.3, 0.4) is 0 Å². The molecule has 4 heteroatoms. The van der Waals surface area contributed by atoms with Crippen LogP contribution in [0.5, 0.6) is 0 Å². The lowest BCUT2D eigenvalue weighted by molar-refractivity contribution is -0.175. The number of hydrogen-bond acceptors (Lipinski definition) is 4. The number of ether oxygens (including phenoxy) is 2. The fourth-order valence-corrected chi connectivity index (χ4v) is 4.20. The van der Waals surface area contributed by atoms with Crippen molar-refractivity contribution in [3.63, 3.8) is 0 Å². The second-order valence-electron chi connectivity index (χ2n) is 6.76. The molecule has 0 aromatic rings. The standard InChI is InChI=1S/C18H28O4/c1-5-9-21-16(19)15-13-7-8-14(11-13)18(15,12(3)4)17(20)22-10-6-2/h7-8,12-15H,5-6,9-11H2,1-4H3. The van der Waals surface area contributed by atoms with Crippen molar-refractivity contribution < 1.29 is 19.1 Å². The van der Waals surface area contributed by atoms with Crippen molar-refractivity contribution >= 4 is 11.9 Å². The van der Waals surface area contributed by atoms with Crippen LogP contribution in [0.15, 0.2) is 12.2 Å². The summed E-state index contributed by atoms with van der Waals surface area (Å²) >= 11 is 0. The summed E-state index contributed by atoms with van der Waals surface area (Å²) < 4.78 is 10.9. The van der Waals surface area contributed by atoms with Gasteiger partial charge in [-0.3, -0.25) is 9.59 Å². The summed E-state index contributed by atoms with van der Waals surface area (Å²) in [6, 6.07) is 0. The van der Waals surface area contributed by atoms with Gasteiger partial charge in [0, 0.05) is 0 Å². The van der Waals surface area contributed by atoms with E-state index in [0.29, 0.717) is 13.2 Å². The van der Waals surface area contributed by atoms with E-state index in [9.17, 15) is 9.59 Å². The molecule has 4 nitrogen and oxygen atoms in total. The third-order valence-corrected chi connectivity index (χ3v) is 5.12. The van der Waals surface area contributed by atoms with E-state index < -0.39 is 11.3 Å². The monoisotopic (exact) mass is 308 g/mol. The summed E-state index contributed by atoms with van der Waals surface area (Å²) in [4.78, 5) is 25.5. The molecule has 0 radical (unpaired) electrons. The molecule has 0 aliphatic heterocycles. The third-order valence-electron chi connectivity index (χ3n) is 5.12. The second-order valence-corrected chi connectivity index (χ2v) is 6.76.